The number of phenolic OH excluding ortho intramolecular Hbond substituents is 2. The Labute approximate surface area is 84.8 Å². The van der Waals surface area contributed by atoms with Crippen molar-refractivity contribution in [2.45, 2.75) is 4.90 Å². The van der Waals surface area contributed by atoms with Crippen molar-refractivity contribution in [1.82, 2.24) is 0 Å². The van der Waals surface area contributed by atoms with E-state index in [1.165, 1.54) is 12.1 Å². The highest BCUT2D eigenvalue weighted by Crippen LogP contribution is 2.31. The van der Waals surface area contributed by atoms with E-state index in [2.05, 4.69) is 0 Å². The second-order valence-corrected chi connectivity index (χ2v) is 3.60. The Morgan fingerprint density at radius 3 is 2.14 bits per heavy atom. The van der Waals surface area contributed by atoms with Gasteiger partial charge in [-0.05, 0) is 35.0 Å². The van der Waals surface area contributed by atoms with Crippen molar-refractivity contribution in [1.29, 1.82) is 0 Å². The lowest BCUT2D eigenvalue weighted by Gasteiger charge is -2.02. The Morgan fingerprint density at radius 1 is 0.857 bits per heavy atom. The van der Waals surface area contributed by atoms with Crippen molar-refractivity contribution in [3.63, 3.8) is 0 Å². The zero-order valence-corrected chi connectivity index (χ0v) is 7.95. The van der Waals surface area contributed by atoms with Crippen molar-refractivity contribution in [3.05, 3.63) is 30.3 Å². The minimum atomic E-state index is -0.155. The van der Waals surface area contributed by atoms with E-state index in [1.54, 1.807) is 18.2 Å². The third kappa shape index (κ3) is 1.49. The van der Waals surface area contributed by atoms with E-state index in [4.69, 9.17) is 4.55 Å². The molecule has 4 heteroatoms. The summed E-state index contributed by atoms with van der Waals surface area (Å²) in [6, 6.07) is 8.19. The Hall–Kier alpha value is -1.39. The van der Waals surface area contributed by atoms with Crippen LogP contribution in [0.4, 0.5) is 0 Å². The summed E-state index contributed by atoms with van der Waals surface area (Å²) < 4.78 is 8.83. The second kappa shape index (κ2) is 3.40. The molecule has 0 aromatic heterocycles. The van der Waals surface area contributed by atoms with Crippen LogP contribution >= 0.6 is 12.0 Å². The van der Waals surface area contributed by atoms with E-state index in [9.17, 15) is 10.2 Å². The Morgan fingerprint density at radius 2 is 1.50 bits per heavy atom. The summed E-state index contributed by atoms with van der Waals surface area (Å²) in [4.78, 5) is 0.697. The molecule has 3 N–H and O–H groups in total. The van der Waals surface area contributed by atoms with Gasteiger partial charge in [-0.1, -0.05) is 6.07 Å². The molecule has 0 spiro atoms. The van der Waals surface area contributed by atoms with Crippen LogP contribution in [0.15, 0.2) is 35.2 Å². The average Bonchev–Trinajstić information content (AvgIpc) is 2.19. The summed E-state index contributed by atoms with van der Waals surface area (Å²) in [5.74, 6) is -0.292. The van der Waals surface area contributed by atoms with Gasteiger partial charge in [0.1, 0.15) is 0 Å². The number of phenols is 2. The van der Waals surface area contributed by atoms with Crippen LogP contribution in [0, 0.1) is 0 Å². The highest BCUT2D eigenvalue weighted by molar-refractivity contribution is 7.93. The van der Waals surface area contributed by atoms with Crippen molar-refractivity contribution >= 4 is 22.8 Å². The van der Waals surface area contributed by atoms with Crippen LogP contribution < -0.4 is 0 Å². The van der Waals surface area contributed by atoms with Crippen LogP contribution in [0.25, 0.3) is 10.8 Å². The fourth-order valence-electron chi connectivity index (χ4n) is 1.31. The van der Waals surface area contributed by atoms with Gasteiger partial charge in [0.2, 0.25) is 0 Å². The van der Waals surface area contributed by atoms with Gasteiger partial charge in [-0.3, -0.25) is 0 Å². The van der Waals surface area contributed by atoms with Gasteiger partial charge in [-0.25, -0.2) is 0 Å². The Bertz CT molecular complexity index is 482. The molecule has 0 aliphatic heterocycles. The first-order valence-electron chi connectivity index (χ1n) is 3.98. The molecule has 14 heavy (non-hydrogen) atoms. The summed E-state index contributed by atoms with van der Waals surface area (Å²) in [6.45, 7) is 0. The molecule has 2 rings (SSSR count). The fourth-order valence-corrected chi connectivity index (χ4v) is 1.62. The molecule has 2 aromatic rings. The second-order valence-electron chi connectivity index (χ2n) is 2.94. The Balaban J connectivity index is 2.70. The normalized spacial score (nSPS) is 10.6. The van der Waals surface area contributed by atoms with Crippen molar-refractivity contribution < 1.29 is 14.8 Å². The van der Waals surface area contributed by atoms with Gasteiger partial charge in [0, 0.05) is 16.9 Å². The summed E-state index contributed by atoms with van der Waals surface area (Å²) in [5, 5.41) is 20.1. The number of fused-ring (bicyclic) bond motifs is 1. The first-order chi connectivity index (χ1) is 6.70. The van der Waals surface area contributed by atoms with Gasteiger partial charge < -0.3 is 14.8 Å². The lowest BCUT2D eigenvalue weighted by molar-refractivity contribution is 0.405. The zero-order valence-electron chi connectivity index (χ0n) is 7.14. The molecule has 0 amide bonds. The molecule has 0 saturated heterocycles. The van der Waals surface area contributed by atoms with Gasteiger partial charge in [0.05, 0.1) is 0 Å². The SMILES string of the molecule is OSc1ccc2cc(O)c(O)cc2c1. The van der Waals surface area contributed by atoms with E-state index in [0.29, 0.717) is 16.9 Å². The van der Waals surface area contributed by atoms with E-state index >= 15 is 0 Å². The summed E-state index contributed by atoms with van der Waals surface area (Å²) in [6.07, 6.45) is 0. The number of hydrogen-bond donors (Lipinski definition) is 3. The maximum absolute atomic E-state index is 9.26. The molecule has 0 atom stereocenters. The molecule has 2 aromatic carbocycles. The molecule has 0 bridgehead atoms. The van der Waals surface area contributed by atoms with Crippen LogP contribution in [0.5, 0.6) is 11.5 Å². The summed E-state index contributed by atoms with van der Waals surface area (Å²) in [7, 11) is 0. The first kappa shape index (κ1) is 9.18. The lowest BCUT2D eigenvalue weighted by Crippen LogP contribution is -1.76. The number of hydrogen-bond acceptors (Lipinski definition) is 4. The van der Waals surface area contributed by atoms with Crippen LogP contribution in [0.3, 0.4) is 0 Å². The quantitative estimate of drug-likeness (QED) is 0.498. The number of benzene rings is 2. The largest absolute Gasteiger partial charge is 0.504 e. The van der Waals surface area contributed by atoms with E-state index in [1.807, 2.05) is 0 Å². The van der Waals surface area contributed by atoms with Crippen molar-refractivity contribution in [2.24, 2.45) is 0 Å². The molecule has 0 radical (unpaired) electrons. The maximum atomic E-state index is 9.26. The van der Waals surface area contributed by atoms with E-state index in [-0.39, 0.29) is 11.5 Å². The zero-order chi connectivity index (χ0) is 10.1. The molecule has 0 saturated carbocycles. The number of aromatic hydroxyl groups is 2. The fraction of sp³-hybridized carbons (Fsp3) is 0. The predicted molar refractivity (Wildman–Crippen MR) is 55.8 cm³/mol. The monoisotopic (exact) mass is 208 g/mol. The molecule has 0 heterocycles. The standard InChI is InChI=1S/C10H8O3S/c11-9-4-6-1-2-8(14-13)3-7(6)5-10(9)12/h1-5,11-13H. The highest BCUT2D eigenvalue weighted by Gasteiger charge is 2.02. The lowest BCUT2D eigenvalue weighted by atomic mass is 10.1. The van der Waals surface area contributed by atoms with Gasteiger partial charge in [-0.2, -0.15) is 0 Å². The Kier molecular flexibility index (Phi) is 2.23. The first-order valence-corrected chi connectivity index (χ1v) is 4.75. The predicted octanol–water partition coefficient (Wildman–Crippen LogP) is 2.82. The minimum absolute atomic E-state index is 0.137. The van der Waals surface area contributed by atoms with Gasteiger partial charge in [0.25, 0.3) is 0 Å². The summed E-state index contributed by atoms with van der Waals surface area (Å²) >= 11 is 0.650. The van der Waals surface area contributed by atoms with E-state index in [0.717, 1.165) is 10.8 Å². The molecular weight excluding hydrogens is 200 g/mol. The molecule has 0 unspecified atom stereocenters. The van der Waals surface area contributed by atoms with Crippen molar-refractivity contribution in [3.8, 4) is 11.5 Å². The van der Waals surface area contributed by atoms with Crippen LogP contribution in [0.1, 0.15) is 0 Å². The molecule has 0 fully saturated rings. The number of rotatable bonds is 1. The third-order valence-electron chi connectivity index (χ3n) is 2.01. The molecular formula is C10H8O3S. The third-order valence-corrected chi connectivity index (χ3v) is 2.48. The molecule has 0 aliphatic carbocycles. The van der Waals surface area contributed by atoms with Gasteiger partial charge >= 0.3 is 0 Å². The average molecular weight is 208 g/mol. The minimum Gasteiger partial charge on any atom is -0.504 e. The molecule has 0 aliphatic rings. The summed E-state index contributed by atoms with van der Waals surface area (Å²) in [5.41, 5.74) is 0. The highest BCUT2D eigenvalue weighted by atomic mass is 32.2. The topological polar surface area (TPSA) is 60.7 Å². The molecule has 72 valence electrons. The smallest absolute Gasteiger partial charge is 0.158 e. The van der Waals surface area contributed by atoms with Gasteiger partial charge in [-0.15, -0.1) is 0 Å². The van der Waals surface area contributed by atoms with Crippen molar-refractivity contribution in [2.75, 3.05) is 0 Å². The molecule has 3 nitrogen and oxygen atoms in total. The van der Waals surface area contributed by atoms with Crippen LogP contribution in [-0.2, 0) is 0 Å². The van der Waals surface area contributed by atoms with Crippen LogP contribution in [0.2, 0.25) is 0 Å². The van der Waals surface area contributed by atoms with E-state index < -0.39 is 0 Å². The van der Waals surface area contributed by atoms with Gasteiger partial charge in [0.15, 0.2) is 11.5 Å². The van der Waals surface area contributed by atoms with Crippen LogP contribution in [-0.4, -0.2) is 14.8 Å². The maximum Gasteiger partial charge on any atom is 0.158 e.